The van der Waals surface area contributed by atoms with E-state index < -0.39 is 29.5 Å². The fourth-order valence-electron chi connectivity index (χ4n) is 4.05. The number of aliphatic hydroxyl groups is 1. The average Bonchev–Trinajstić information content (AvgIpc) is 2.93. The van der Waals surface area contributed by atoms with Gasteiger partial charge < -0.3 is 48.8 Å². The van der Waals surface area contributed by atoms with Gasteiger partial charge in [-0.05, 0) is 36.4 Å². The molecular weight excluding hydrogens is 512 g/mol. The van der Waals surface area contributed by atoms with Crippen molar-refractivity contribution in [1.29, 1.82) is 0 Å². The topological polar surface area (TPSA) is 153 Å². The van der Waals surface area contributed by atoms with Crippen LogP contribution in [-0.2, 0) is 4.74 Å². The van der Waals surface area contributed by atoms with Crippen molar-refractivity contribution in [2.45, 2.75) is 12.2 Å². The summed E-state index contributed by atoms with van der Waals surface area (Å²) in [6.07, 6.45) is 0.793. The van der Waals surface area contributed by atoms with Gasteiger partial charge in [0.25, 0.3) is 0 Å². The van der Waals surface area contributed by atoms with Crippen molar-refractivity contribution in [2.24, 2.45) is 0 Å². The number of hydrogen-bond acceptors (Lipinski definition) is 11. The minimum atomic E-state index is -0.802. The molecule has 0 aliphatic carbocycles. The monoisotopic (exact) mass is 540 g/mol. The van der Waals surface area contributed by atoms with Gasteiger partial charge in [-0.3, -0.25) is 4.79 Å². The van der Waals surface area contributed by atoms with Crippen LogP contribution in [0.2, 0.25) is 0 Å². The van der Waals surface area contributed by atoms with Gasteiger partial charge >= 0.3 is 0 Å². The molecule has 2 unspecified atom stereocenters. The maximum atomic E-state index is 13.0. The second kappa shape index (κ2) is 11.8. The molecule has 39 heavy (non-hydrogen) atoms. The van der Waals surface area contributed by atoms with E-state index in [0.29, 0.717) is 17.1 Å². The molecule has 1 heterocycles. The summed E-state index contributed by atoms with van der Waals surface area (Å²) in [6.45, 7) is -0.344. The van der Waals surface area contributed by atoms with Gasteiger partial charge in [-0.1, -0.05) is 6.07 Å². The van der Waals surface area contributed by atoms with Crippen molar-refractivity contribution in [3.63, 3.8) is 0 Å². The van der Waals surface area contributed by atoms with Crippen LogP contribution in [0.3, 0.4) is 0 Å². The standard InChI is InChI=1S/C28H28O11/c1-34-14-37-22-7-4-15(8-23(22)35-2)27-26(13-29)39-28-24(36-3)9-16(10-25(28)38-27)19(31)6-5-18-20(32)11-17(30)12-21(18)33/h4-12,26-27,29-30,32-33H,13-14H2,1-3H3. The van der Waals surface area contributed by atoms with Gasteiger partial charge in [0.05, 0.1) is 26.4 Å². The number of carbonyl (C=O) groups is 1. The summed E-state index contributed by atoms with van der Waals surface area (Å²) < 4.78 is 33.5. The smallest absolute Gasteiger partial charge is 0.204 e. The number of ether oxygens (including phenoxy) is 6. The van der Waals surface area contributed by atoms with E-state index in [0.717, 1.165) is 18.2 Å². The maximum Gasteiger partial charge on any atom is 0.204 e. The van der Waals surface area contributed by atoms with Crippen LogP contribution >= 0.6 is 0 Å². The number of allylic oxidation sites excluding steroid dienone is 1. The summed E-state index contributed by atoms with van der Waals surface area (Å²) >= 11 is 0. The number of aromatic hydroxyl groups is 3. The van der Waals surface area contributed by atoms with Crippen LogP contribution in [-0.4, -0.2) is 67.0 Å². The number of ketones is 1. The van der Waals surface area contributed by atoms with Crippen molar-refractivity contribution < 1.29 is 53.6 Å². The largest absolute Gasteiger partial charge is 0.508 e. The molecule has 1 aliphatic rings. The number of aliphatic hydroxyl groups excluding tert-OH is 1. The molecule has 0 radical (unpaired) electrons. The maximum absolute atomic E-state index is 13.0. The highest BCUT2D eigenvalue weighted by Gasteiger charge is 2.35. The van der Waals surface area contributed by atoms with E-state index in [-0.39, 0.29) is 47.5 Å². The highest BCUT2D eigenvalue weighted by Crippen LogP contribution is 2.47. The van der Waals surface area contributed by atoms with Crippen LogP contribution in [0, 0.1) is 0 Å². The summed E-state index contributed by atoms with van der Waals surface area (Å²) in [4.78, 5) is 13.0. The lowest BCUT2D eigenvalue weighted by Crippen LogP contribution is -2.36. The summed E-state index contributed by atoms with van der Waals surface area (Å²) in [5.41, 5.74) is 0.754. The molecule has 11 nitrogen and oxygen atoms in total. The zero-order valence-electron chi connectivity index (χ0n) is 21.4. The van der Waals surface area contributed by atoms with E-state index in [9.17, 15) is 25.2 Å². The van der Waals surface area contributed by atoms with Crippen molar-refractivity contribution in [3.05, 3.63) is 65.2 Å². The molecule has 1 aliphatic heterocycles. The number of phenols is 3. The third kappa shape index (κ3) is 5.79. The summed E-state index contributed by atoms with van der Waals surface area (Å²) in [7, 11) is 4.39. The highest BCUT2D eigenvalue weighted by molar-refractivity contribution is 6.08. The van der Waals surface area contributed by atoms with Gasteiger partial charge in [0.15, 0.2) is 47.8 Å². The normalized spacial score (nSPS) is 16.2. The molecule has 2 atom stereocenters. The van der Waals surface area contributed by atoms with Gasteiger partial charge in [-0.25, -0.2) is 0 Å². The Balaban J connectivity index is 1.66. The SMILES string of the molecule is COCOc1ccc(C2Oc3cc(C(=O)C=Cc4c(O)cc(O)cc4O)cc(OC)c3OC2CO)cc1OC. The lowest BCUT2D eigenvalue weighted by Gasteiger charge is -2.34. The quantitative estimate of drug-likeness (QED) is 0.170. The van der Waals surface area contributed by atoms with Crippen molar-refractivity contribution in [2.75, 3.05) is 34.7 Å². The average molecular weight is 541 g/mol. The zero-order valence-corrected chi connectivity index (χ0v) is 21.4. The highest BCUT2D eigenvalue weighted by atomic mass is 16.7. The van der Waals surface area contributed by atoms with E-state index in [4.69, 9.17) is 28.4 Å². The molecule has 0 fully saturated rings. The van der Waals surface area contributed by atoms with E-state index in [1.807, 2.05) is 0 Å². The zero-order chi connectivity index (χ0) is 28.1. The number of rotatable bonds is 10. The van der Waals surface area contributed by atoms with Gasteiger partial charge in [0.2, 0.25) is 5.75 Å². The fraction of sp³-hybridized carbons (Fsp3) is 0.250. The third-order valence-electron chi connectivity index (χ3n) is 5.94. The summed E-state index contributed by atoms with van der Waals surface area (Å²) in [5, 5.41) is 39.5. The van der Waals surface area contributed by atoms with Crippen LogP contribution in [0.5, 0.6) is 46.0 Å². The van der Waals surface area contributed by atoms with Gasteiger partial charge in [0.1, 0.15) is 17.2 Å². The molecule has 3 aromatic rings. The second-order valence-electron chi connectivity index (χ2n) is 8.44. The van der Waals surface area contributed by atoms with Gasteiger partial charge in [-0.15, -0.1) is 0 Å². The molecule has 0 saturated carbocycles. The predicted octanol–water partition coefficient (Wildman–Crippen LogP) is 3.57. The van der Waals surface area contributed by atoms with E-state index in [1.165, 1.54) is 39.5 Å². The van der Waals surface area contributed by atoms with Crippen molar-refractivity contribution >= 4 is 11.9 Å². The number of phenolic OH excluding ortho intramolecular Hbond substituents is 3. The second-order valence-corrected chi connectivity index (χ2v) is 8.44. The Morgan fingerprint density at radius 2 is 1.64 bits per heavy atom. The lowest BCUT2D eigenvalue weighted by molar-refractivity contribution is -0.0142. The minimum Gasteiger partial charge on any atom is -0.508 e. The van der Waals surface area contributed by atoms with Crippen LogP contribution in [0.25, 0.3) is 6.08 Å². The van der Waals surface area contributed by atoms with Crippen molar-refractivity contribution in [3.8, 4) is 46.0 Å². The predicted molar refractivity (Wildman–Crippen MR) is 138 cm³/mol. The Morgan fingerprint density at radius 1 is 0.923 bits per heavy atom. The summed E-state index contributed by atoms with van der Waals surface area (Å²) in [6, 6.07) is 10.1. The number of carbonyl (C=O) groups excluding carboxylic acids is 1. The molecule has 0 spiro atoms. The molecule has 4 N–H and O–H groups in total. The van der Waals surface area contributed by atoms with Crippen LogP contribution < -0.4 is 23.7 Å². The molecule has 0 bridgehead atoms. The lowest BCUT2D eigenvalue weighted by atomic mass is 10.0. The fourth-order valence-corrected chi connectivity index (χ4v) is 4.05. The minimum absolute atomic E-state index is 0.0302. The van der Waals surface area contributed by atoms with E-state index >= 15 is 0 Å². The first-order chi connectivity index (χ1) is 18.8. The van der Waals surface area contributed by atoms with Crippen LogP contribution in [0.4, 0.5) is 0 Å². The molecule has 3 aromatic carbocycles. The third-order valence-corrected chi connectivity index (χ3v) is 5.94. The molecular formula is C28H28O11. The Labute approximate surface area is 224 Å². The molecule has 0 aromatic heterocycles. The van der Waals surface area contributed by atoms with Crippen molar-refractivity contribution in [1.82, 2.24) is 0 Å². The van der Waals surface area contributed by atoms with E-state index in [2.05, 4.69) is 0 Å². The number of fused-ring (bicyclic) bond motifs is 1. The molecule has 206 valence electrons. The Bertz CT molecular complexity index is 1360. The Hall–Kier alpha value is -4.61. The number of benzene rings is 3. The van der Waals surface area contributed by atoms with Gasteiger partial charge in [0, 0.05) is 30.4 Å². The van der Waals surface area contributed by atoms with Crippen LogP contribution in [0.1, 0.15) is 27.6 Å². The number of methoxy groups -OCH3 is 3. The summed E-state index contributed by atoms with van der Waals surface area (Å²) in [5.74, 6) is -0.118. The molecule has 0 amide bonds. The van der Waals surface area contributed by atoms with E-state index in [1.54, 1.807) is 18.2 Å². The first-order valence-electron chi connectivity index (χ1n) is 11.7. The van der Waals surface area contributed by atoms with Crippen LogP contribution in [0.15, 0.2) is 48.5 Å². The Morgan fingerprint density at radius 3 is 2.28 bits per heavy atom. The Kier molecular flexibility index (Phi) is 8.33. The van der Waals surface area contributed by atoms with Gasteiger partial charge in [-0.2, -0.15) is 0 Å². The first-order valence-corrected chi connectivity index (χ1v) is 11.7. The number of hydrogen-bond donors (Lipinski definition) is 4. The molecule has 0 saturated heterocycles. The first kappa shape index (κ1) is 27.4. The molecule has 11 heteroatoms. The molecule has 4 rings (SSSR count).